The number of nitrogens with one attached hydrogen (secondary N) is 1. The van der Waals surface area contributed by atoms with Crippen LogP contribution in [0.25, 0.3) is 0 Å². The smallest absolute Gasteiger partial charge is 0.244 e. The highest BCUT2D eigenvalue weighted by Crippen LogP contribution is 2.32. The van der Waals surface area contributed by atoms with Crippen LogP contribution in [0, 0.1) is 5.92 Å². The summed E-state index contributed by atoms with van der Waals surface area (Å²) in [6.07, 6.45) is 1.71. The van der Waals surface area contributed by atoms with E-state index in [0.29, 0.717) is 29.2 Å². The van der Waals surface area contributed by atoms with Crippen LogP contribution < -0.4 is 19.6 Å². The van der Waals surface area contributed by atoms with Crippen LogP contribution in [0.15, 0.2) is 17.2 Å². The number of hydrogen-bond donors (Lipinski definition) is 1. The highest BCUT2D eigenvalue weighted by atomic mass is 32.2. The average Bonchev–Trinajstić information content (AvgIpc) is 2.94. The Bertz CT molecular complexity index is 719. The molecule has 0 unspecified atom stereocenters. The minimum atomic E-state index is -3.11. The molecule has 24 heavy (non-hydrogen) atoms. The van der Waals surface area contributed by atoms with E-state index in [-0.39, 0.29) is 11.5 Å². The summed E-state index contributed by atoms with van der Waals surface area (Å²) in [5.41, 5.74) is 2.89. The molecule has 8 nitrogen and oxygen atoms in total. The van der Waals surface area contributed by atoms with Gasteiger partial charge < -0.3 is 14.2 Å². The summed E-state index contributed by atoms with van der Waals surface area (Å²) in [5, 5.41) is 3.89. The number of nitrogens with zero attached hydrogens (tertiary/aromatic N) is 1. The molecule has 2 rings (SSSR count). The van der Waals surface area contributed by atoms with Crippen LogP contribution in [-0.2, 0) is 14.6 Å². The molecule has 1 aromatic rings. The number of carbonyl (C=O) groups is 1. The van der Waals surface area contributed by atoms with Crippen LogP contribution in [0.1, 0.15) is 12.0 Å². The minimum Gasteiger partial charge on any atom is -0.496 e. The molecule has 9 heteroatoms. The van der Waals surface area contributed by atoms with E-state index in [1.165, 1.54) is 27.5 Å². The molecule has 0 aliphatic carbocycles. The highest BCUT2D eigenvalue weighted by Gasteiger charge is 2.32. The second-order valence-electron chi connectivity index (χ2n) is 5.28. The number of carbonyl (C=O) groups excluding carboxylic acids is 1. The van der Waals surface area contributed by atoms with Crippen LogP contribution in [0.3, 0.4) is 0 Å². The summed E-state index contributed by atoms with van der Waals surface area (Å²) in [4.78, 5) is 12.0. The molecule has 1 heterocycles. The van der Waals surface area contributed by atoms with Gasteiger partial charge in [-0.05, 0) is 6.42 Å². The molecular formula is C15H20N2O6S. The summed E-state index contributed by atoms with van der Waals surface area (Å²) in [5.74, 6) is 0.408. The second-order valence-corrected chi connectivity index (χ2v) is 7.51. The Balaban J connectivity index is 2.12. The number of rotatable bonds is 6. The zero-order valence-electron chi connectivity index (χ0n) is 13.7. The number of amides is 1. The Hall–Kier alpha value is -2.29. The third kappa shape index (κ3) is 4.16. The van der Waals surface area contributed by atoms with E-state index >= 15 is 0 Å². The third-order valence-electron chi connectivity index (χ3n) is 3.72. The Morgan fingerprint density at radius 2 is 1.83 bits per heavy atom. The normalized spacial score (nSPS) is 19.2. The van der Waals surface area contributed by atoms with Crippen molar-refractivity contribution in [2.45, 2.75) is 6.42 Å². The first-order valence-electron chi connectivity index (χ1n) is 7.23. The Labute approximate surface area is 140 Å². The molecule has 0 aromatic heterocycles. The van der Waals surface area contributed by atoms with Crippen molar-refractivity contribution in [1.29, 1.82) is 0 Å². The molecule has 1 fully saturated rings. The van der Waals surface area contributed by atoms with Crippen LogP contribution >= 0.6 is 0 Å². The molecule has 0 bridgehead atoms. The highest BCUT2D eigenvalue weighted by molar-refractivity contribution is 7.91. The van der Waals surface area contributed by atoms with Crippen LogP contribution in [0.4, 0.5) is 0 Å². The summed E-state index contributed by atoms with van der Waals surface area (Å²) in [6, 6.07) is 3.32. The van der Waals surface area contributed by atoms with Gasteiger partial charge in [-0.1, -0.05) is 0 Å². The largest absolute Gasteiger partial charge is 0.496 e. The molecule has 1 aliphatic rings. The number of benzene rings is 1. The van der Waals surface area contributed by atoms with E-state index in [1.807, 2.05) is 0 Å². The number of ether oxygens (including phenoxy) is 3. The van der Waals surface area contributed by atoms with Crippen molar-refractivity contribution in [3.8, 4) is 17.2 Å². The van der Waals surface area contributed by atoms with Gasteiger partial charge in [0.1, 0.15) is 17.2 Å². The Kier molecular flexibility index (Phi) is 5.66. The molecule has 1 aromatic carbocycles. The molecule has 0 spiro atoms. The van der Waals surface area contributed by atoms with Crippen molar-refractivity contribution in [2.75, 3.05) is 32.8 Å². The summed E-state index contributed by atoms with van der Waals surface area (Å²) >= 11 is 0. The maximum absolute atomic E-state index is 12.0. The fourth-order valence-corrected chi connectivity index (χ4v) is 4.15. The van der Waals surface area contributed by atoms with Crippen molar-refractivity contribution in [2.24, 2.45) is 11.0 Å². The first-order valence-corrected chi connectivity index (χ1v) is 9.05. The molecule has 132 valence electrons. The minimum absolute atomic E-state index is 0.0366. The van der Waals surface area contributed by atoms with Crippen LogP contribution in [0.5, 0.6) is 17.2 Å². The van der Waals surface area contributed by atoms with Crippen molar-refractivity contribution in [3.63, 3.8) is 0 Å². The summed E-state index contributed by atoms with van der Waals surface area (Å²) < 4.78 is 38.5. The van der Waals surface area contributed by atoms with Gasteiger partial charge in [-0.15, -0.1) is 0 Å². The fourth-order valence-electron chi connectivity index (χ4n) is 2.41. The lowest BCUT2D eigenvalue weighted by Crippen LogP contribution is -2.27. The fraction of sp³-hybridized carbons (Fsp3) is 0.467. The first-order chi connectivity index (χ1) is 11.4. The van der Waals surface area contributed by atoms with Crippen molar-refractivity contribution in [3.05, 3.63) is 17.7 Å². The number of sulfone groups is 1. The Morgan fingerprint density at radius 3 is 2.29 bits per heavy atom. The van der Waals surface area contributed by atoms with Gasteiger partial charge in [0, 0.05) is 12.1 Å². The third-order valence-corrected chi connectivity index (χ3v) is 5.49. The van der Waals surface area contributed by atoms with Crippen LogP contribution in [0.2, 0.25) is 0 Å². The van der Waals surface area contributed by atoms with Gasteiger partial charge in [0.15, 0.2) is 9.84 Å². The quantitative estimate of drug-likeness (QED) is 0.591. The van der Waals surface area contributed by atoms with Crippen molar-refractivity contribution in [1.82, 2.24) is 5.43 Å². The molecule has 1 saturated heterocycles. The lowest BCUT2D eigenvalue weighted by molar-refractivity contribution is -0.124. The average molecular weight is 356 g/mol. The van der Waals surface area contributed by atoms with E-state index in [4.69, 9.17) is 14.2 Å². The molecule has 1 aliphatic heterocycles. The molecule has 0 radical (unpaired) electrons. The first kappa shape index (κ1) is 18.1. The summed E-state index contributed by atoms with van der Waals surface area (Å²) in [6.45, 7) is 0. The predicted octanol–water partition coefficient (Wildman–Crippen LogP) is 0.597. The van der Waals surface area contributed by atoms with Gasteiger partial charge in [-0.25, -0.2) is 13.8 Å². The van der Waals surface area contributed by atoms with Crippen LogP contribution in [-0.4, -0.2) is 53.4 Å². The second kappa shape index (κ2) is 7.52. The number of hydrazone groups is 1. The van der Waals surface area contributed by atoms with E-state index in [2.05, 4.69) is 10.5 Å². The zero-order chi connectivity index (χ0) is 17.7. The monoisotopic (exact) mass is 356 g/mol. The molecule has 1 N–H and O–H groups in total. The Morgan fingerprint density at radius 1 is 1.21 bits per heavy atom. The van der Waals surface area contributed by atoms with E-state index < -0.39 is 21.7 Å². The predicted molar refractivity (Wildman–Crippen MR) is 88.6 cm³/mol. The number of hydrogen-bond acceptors (Lipinski definition) is 7. The van der Waals surface area contributed by atoms with Crippen molar-refractivity contribution < 1.29 is 27.4 Å². The lowest BCUT2D eigenvalue weighted by Gasteiger charge is -2.12. The van der Waals surface area contributed by atoms with E-state index in [9.17, 15) is 13.2 Å². The van der Waals surface area contributed by atoms with Gasteiger partial charge >= 0.3 is 0 Å². The van der Waals surface area contributed by atoms with Gasteiger partial charge in [0.05, 0.1) is 50.5 Å². The van der Waals surface area contributed by atoms with Gasteiger partial charge in [-0.2, -0.15) is 5.10 Å². The standard InChI is InChI=1S/C15H20N2O6S/c1-21-11-6-13(22-2)12(14(7-11)23-3)8-16-17-15(18)10-4-5-24(19,20)9-10/h6-8,10H,4-5,9H2,1-3H3,(H,17,18)/b16-8-/t10-/m0/s1. The topological polar surface area (TPSA) is 103 Å². The lowest BCUT2D eigenvalue weighted by atomic mass is 10.1. The molecule has 0 saturated carbocycles. The molecular weight excluding hydrogens is 336 g/mol. The SMILES string of the molecule is COc1cc(OC)c(/C=N\NC(=O)[C@H]2CCS(=O)(=O)C2)c(OC)c1. The maximum Gasteiger partial charge on any atom is 0.244 e. The van der Waals surface area contributed by atoms with Gasteiger partial charge in [0.25, 0.3) is 0 Å². The summed E-state index contributed by atoms with van der Waals surface area (Å²) in [7, 11) is 1.40. The van der Waals surface area contributed by atoms with Crippen molar-refractivity contribution >= 4 is 22.0 Å². The molecule has 1 amide bonds. The number of methoxy groups -OCH3 is 3. The van der Waals surface area contributed by atoms with E-state index in [0.717, 1.165) is 0 Å². The maximum atomic E-state index is 12.0. The zero-order valence-corrected chi connectivity index (χ0v) is 14.6. The molecule has 1 atom stereocenters. The van der Waals surface area contributed by atoms with Gasteiger partial charge in [-0.3, -0.25) is 4.79 Å². The van der Waals surface area contributed by atoms with Gasteiger partial charge in [0.2, 0.25) is 5.91 Å². The van der Waals surface area contributed by atoms with E-state index in [1.54, 1.807) is 12.1 Å².